The van der Waals surface area contributed by atoms with Crippen molar-refractivity contribution >= 4 is 0 Å². The number of halogens is 12. The zero-order chi connectivity index (χ0) is 22.4. The van der Waals surface area contributed by atoms with Gasteiger partial charge < -0.3 is 18.9 Å². The number of methoxy groups -OCH3 is 1. The summed E-state index contributed by atoms with van der Waals surface area (Å²) in [7, 11) is 0.733. The Morgan fingerprint density at radius 3 is 0.964 bits per heavy atom. The minimum Gasteiger partial charge on any atom is -0.384 e. The maximum atomic E-state index is 12.9. The molecule has 0 saturated carbocycles. The molecule has 0 radical (unpaired) electrons. The molecule has 16 heteroatoms. The lowest BCUT2D eigenvalue weighted by atomic mass is 9.92. The van der Waals surface area contributed by atoms with Crippen molar-refractivity contribution in [2.75, 3.05) is 33.5 Å². The Bertz CT molecular complexity index is 400. The van der Waals surface area contributed by atoms with Crippen molar-refractivity contribution in [2.24, 2.45) is 5.41 Å². The van der Waals surface area contributed by atoms with Gasteiger partial charge in [-0.2, -0.15) is 26.3 Å². The van der Waals surface area contributed by atoms with Crippen LogP contribution in [0.3, 0.4) is 0 Å². The lowest BCUT2D eigenvalue weighted by Gasteiger charge is -2.35. The van der Waals surface area contributed by atoms with Crippen LogP contribution in [-0.4, -0.2) is 71.1 Å². The molecule has 0 N–H and O–H groups in total. The maximum Gasteiger partial charge on any atom is 0.416 e. The van der Waals surface area contributed by atoms with E-state index in [9.17, 15) is 52.7 Å². The van der Waals surface area contributed by atoms with Crippen LogP contribution in [-0.2, 0) is 18.9 Å². The van der Waals surface area contributed by atoms with Crippen LogP contribution in [0.5, 0.6) is 0 Å². The maximum absolute atomic E-state index is 12.9. The normalized spacial score (nSPS) is 14.6. The summed E-state index contributed by atoms with van der Waals surface area (Å²) in [5, 5.41) is 0. The molecule has 0 fully saturated rings. The third kappa shape index (κ3) is 8.16. The smallest absolute Gasteiger partial charge is 0.384 e. The van der Waals surface area contributed by atoms with Gasteiger partial charge in [-0.1, -0.05) is 0 Å². The summed E-state index contributed by atoms with van der Waals surface area (Å²) in [5.74, 6) is 0. The number of ether oxygens (including phenoxy) is 4. The van der Waals surface area contributed by atoms with Crippen LogP contribution < -0.4 is 0 Å². The van der Waals surface area contributed by atoms with Gasteiger partial charge in [0.1, 0.15) is 0 Å². The van der Waals surface area contributed by atoms with Gasteiger partial charge in [-0.15, -0.1) is 0 Å². The molecule has 0 aromatic rings. The van der Waals surface area contributed by atoms with Crippen molar-refractivity contribution in [3.05, 3.63) is 0 Å². The van der Waals surface area contributed by atoms with Gasteiger partial charge in [0.15, 0.2) is 0 Å². The van der Waals surface area contributed by atoms with Crippen molar-refractivity contribution in [1.82, 2.24) is 0 Å². The summed E-state index contributed by atoms with van der Waals surface area (Å²) in [4.78, 5) is 0. The van der Waals surface area contributed by atoms with Gasteiger partial charge in [0.25, 0.3) is 0 Å². The van der Waals surface area contributed by atoms with E-state index in [0.29, 0.717) is 0 Å². The summed E-state index contributed by atoms with van der Waals surface area (Å²) in [6.07, 6.45) is -29.1. The Hall–Kier alpha value is -1.00. The van der Waals surface area contributed by atoms with E-state index in [4.69, 9.17) is 0 Å². The molecule has 0 spiro atoms. The highest BCUT2D eigenvalue weighted by molar-refractivity contribution is 4.82. The minimum absolute atomic E-state index is 0.733. The largest absolute Gasteiger partial charge is 0.416 e. The zero-order valence-corrected chi connectivity index (χ0v) is 13.7. The van der Waals surface area contributed by atoms with Gasteiger partial charge in [0.2, 0.25) is 0 Å². The molecule has 0 aromatic heterocycles. The van der Waals surface area contributed by atoms with E-state index < -0.39 is 69.4 Å². The van der Waals surface area contributed by atoms with E-state index in [1.54, 1.807) is 0 Å². The summed E-state index contributed by atoms with van der Waals surface area (Å²) < 4.78 is 165. The monoisotopic (exact) mass is 450 g/mol. The second kappa shape index (κ2) is 10.2. The Morgan fingerprint density at radius 2 is 0.786 bits per heavy atom. The molecule has 0 saturated heterocycles. The first-order valence-corrected chi connectivity index (χ1v) is 6.90. The summed E-state index contributed by atoms with van der Waals surface area (Å²) in [6, 6.07) is 0. The highest BCUT2D eigenvalue weighted by Gasteiger charge is 2.50. The SMILES string of the molecule is COCC(COC(F)(F)C(F)F)(COC(F)(F)C(F)F)COC(F)(F)C(F)F. The molecule has 0 aliphatic heterocycles. The molecule has 170 valence electrons. The fourth-order valence-corrected chi connectivity index (χ4v) is 1.49. The molecule has 0 heterocycles. The number of hydrogen-bond acceptors (Lipinski definition) is 4. The van der Waals surface area contributed by atoms with Crippen LogP contribution in [0.2, 0.25) is 0 Å². The van der Waals surface area contributed by atoms with Gasteiger partial charge >= 0.3 is 37.6 Å². The van der Waals surface area contributed by atoms with Crippen molar-refractivity contribution in [2.45, 2.75) is 37.6 Å². The van der Waals surface area contributed by atoms with Crippen LogP contribution in [0.1, 0.15) is 0 Å². The second-order valence-corrected chi connectivity index (χ2v) is 5.39. The molecule has 4 nitrogen and oxygen atoms in total. The lowest BCUT2D eigenvalue weighted by molar-refractivity contribution is -0.350. The van der Waals surface area contributed by atoms with Crippen LogP contribution in [0.25, 0.3) is 0 Å². The van der Waals surface area contributed by atoms with Crippen LogP contribution >= 0.6 is 0 Å². The third-order valence-electron chi connectivity index (χ3n) is 2.93. The molecule has 0 bridgehead atoms. The molecule has 0 rings (SSSR count). The van der Waals surface area contributed by atoms with E-state index >= 15 is 0 Å². The molecule has 0 aromatic carbocycles. The van der Waals surface area contributed by atoms with Gasteiger partial charge in [0.05, 0.1) is 31.8 Å². The molecule has 0 amide bonds. The van der Waals surface area contributed by atoms with E-state index in [2.05, 4.69) is 18.9 Å². The van der Waals surface area contributed by atoms with E-state index in [1.165, 1.54) is 0 Å². The topological polar surface area (TPSA) is 36.9 Å². The average Bonchev–Trinajstić information content (AvgIpc) is 2.56. The Labute approximate surface area is 149 Å². The Balaban J connectivity index is 5.58. The molecule has 0 aliphatic carbocycles. The van der Waals surface area contributed by atoms with Gasteiger partial charge in [0, 0.05) is 7.11 Å². The van der Waals surface area contributed by atoms with Crippen molar-refractivity contribution in [1.29, 1.82) is 0 Å². The van der Waals surface area contributed by atoms with Gasteiger partial charge in [-0.25, -0.2) is 26.3 Å². The van der Waals surface area contributed by atoms with E-state index in [-0.39, 0.29) is 0 Å². The third-order valence-corrected chi connectivity index (χ3v) is 2.93. The summed E-state index contributed by atoms with van der Waals surface area (Å²) in [5.41, 5.74) is -2.80. The minimum atomic E-state index is -5.23. The first kappa shape index (κ1) is 27.0. The van der Waals surface area contributed by atoms with Crippen molar-refractivity contribution in [3.8, 4) is 0 Å². The molecular formula is C12H14F12O4. The second-order valence-electron chi connectivity index (χ2n) is 5.39. The average molecular weight is 450 g/mol. The fourth-order valence-electron chi connectivity index (χ4n) is 1.49. The first-order valence-electron chi connectivity index (χ1n) is 6.90. The number of alkyl halides is 12. The molecule has 0 atom stereocenters. The molecular weight excluding hydrogens is 436 g/mol. The zero-order valence-electron chi connectivity index (χ0n) is 13.7. The fraction of sp³-hybridized carbons (Fsp3) is 1.00. The lowest BCUT2D eigenvalue weighted by Crippen LogP contribution is -2.48. The van der Waals surface area contributed by atoms with Crippen molar-refractivity contribution in [3.63, 3.8) is 0 Å². The van der Waals surface area contributed by atoms with Gasteiger partial charge in [-0.3, -0.25) is 0 Å². The quantitative estimate of drug-likeness (QED) is 0.371. The first-order chi connectivity index (χ1) is 12.5. The van der Waals surface area contributed by atoms with Crippen molar-refractivity contribution < 1.29 is 71.6 Å². The number of rotatable bonds is 14. The van der Waals surface area contributed by atoms with Crippen LogP contribution in [0, 0.1) is 5.41 Å². The predicted molar refractivity (Wildman–Crippen MR) is 65.0 cm³/mol. The Morgan fingerprint density at radius 1 is 0.536 bits per heavy atom. The Kier molecular flexibility index (Phi) is 9.79. The van der Waals surface area contributed by atoms with E-state index in [1.807, 2.05) is 0 Å². The summed E-state index contributed by atoms with van der Waals surface area (Å²) in [6.45, 7) is -6.75. The van der Waals surface area contributed by atoms with Crippen LogP contribution in [0.15, 0.2) is 0 Å². The summed E-state index contributed by atoms with van der Waals surface area (Å²) >= 11 is 0. The highest BCUT2D eigenvalue weighted by Crippen LogP contribution is 2.34. The van der Waals surface area contributed by atoms with Gasteiger partial charge in [-0.05, 0) is 0 Å². The molecule has 0 aliphatic rings. The molecule has 28 heavy (non-hydrogen) atoms. The number of hydrogen-bond donors (Lipinski definition) is 0. The highest BCUT2D eigenvalue weighted by atomic mass is 19.3. The molecule has 0 unspecified atom stereocenters. The van der Waals surface area contributed by atoms with E-state index in [0.717, 1.165) is 7.11 Å². The van der Waals surface area contributed by atoms with Crippen LogP contribution in [0.4, 0.5) is 52.7 Å². The predicted octanol–water partition coefficient (Wildman–Crippen LogP) is 4.24. The standard InChI is InChI=1S/C12H14F12O4/c1-25-2-9(3-26-10(19,20)6(13)14,4-27-11(21,22)7(15)16)5-28-12(23,24)8(17)18/h6-8H,2-5H2,1H3.